The van der Waals surface area contributed by atoms with Gasteiger partial charge in [-0.1, -0.05) is 6.92 Å². The third kappa shape index (κ3) is 5.25. The minimum Gasteiger partial charge on any atom is -0.369 e. The summed E-state index contributed by atoms with van der Waals surface area (Å²) in [4.78, 5) is 8.41. The Labute approximate surface area is 106 Å². The van der Waals surface area contributed by atoms with E-state index in [1.807, 2.05) is 6.92 Å². The highest BCUT2D eigenvalue weighted by Gasteiger charge is 2.05. The van der Waals surface area contributed by atoms with E-state index >= 15 is 0 Å². The number of hydrogen-bond acceptors (Lipinski definition) is 7. The Hall–Kier alpha value is -1.45. The molecule has 1 rings (SSSR count). The van der Waals surface area contributed by atoms with Crippen LogP contribution in [0.2, 0.25) is 0 Å². The smallest absolute Gasteiger partial charge is 0.210 e. The molecule has 0 saturated carbocycles. The topological polar surface area (TPSA) is 136 Å². The summed E-state index contributed by atoms with van der Waals surface area (Å²) in [5.41, 5.74) is 2.44. The van der Waals surface area contributed by atoms with Gasteiger partial charge in [0.2, 0.25) is 10.0 Å². The highest BCUT2D eigenvalue weighted by Crippen LogP contribution is 2.11. The minimum atomic E-state index is -3.48. The zero-order valence-electron chi connectivity index (χ0n) is 10.2. The van der Waals surface area contributed by atoms with E-state index in [-0.39, 0.29) is 12.3 Å². The summed E-state index contributed by atoms with van der Waals surface area (Å²) in [6.45, 7) is 2.20. The van der Waals surface area contributed by atoms with Crippen LogP contribution in [0.15, 0.2) is 6.07 Å². The average molecular weight is 274 g/mol. The molecule has 18 heavy (non-hydrogen) atoms. The first-order chi connectivity index (χ1) is 8.44. The number of nitrogens with zero attached hydrogens (tertiary/aromatic N) is 2. The van der Waals surface area contributed by atoms with Crippen LogP contribution in [0.3, 0.4) is 0 Å². The maximum absolute atomic E-state index is 10.8. The fraction of sp³-hybridized carbons (Fsp3) is 0.556. The summed E-state index contributed by atoms with van der Waals surface area (Å²) in [6.07, 6.45) is 1.63. The van der Waals surface area contributed by atoms with E-state index in [2.05, 4.69) is 20.7 Å². The third-order valence-electron chi connectivity index (χ3n) is 2.09. The summed E-state index contributed by atoms with van der Waals surface area (Å²) in [6, 6.07) is 1.60. The molecule has 9 heteroatoms. The summed E-state index contributed by atoms with van der Waals surface area (Å²) in [7, 11) is -3.48. The summed E-state index contributed by atoms with van der Waals surface area (Å²) >= 11 is 0. The van der Waals surface area contributed by atoms with Gasteiger partial charge in [0, 0.05) is 19.0 Å². The van der Waals surface area contributed by atoms with Gasteiger partial charge in [-0.15, -0.1) is 0 Å². The van der Waals surface area contributed by atoms with Crippen molar-refractivity contribution in [3.8, 4) is 0 Å². The number of hydrazine groups is 1. The number of rotatable bonds is 7. The van der Waals surface area contributed by atoms with Gasteiger partial charge in [-0.3, -0.25) is 0 Å². The molecule has 0 aliphatic heterocycles. The number of nitrogens with two attached hydrogens (primary N) is 2. The monoisotopic (exact) mass is 274 g/mol. The standard InChI is InChI=1S/C9H18N6O2S/c1-2-3-7-13-8(6-9(14-7)15-10)12-4-5-18(11,16)17/h6H,2-5,10H2,1H3,(H2,11,16,17)(H2,12,13,14,15). The zero-order valence-corrected chi connectivity index (χ0v) is 11.0. The van der Waals surface area contributed by atoms with Gasteiger partial charge in [-0.05, 0) is 6.42 Å². The molecule has 0 fully saturated rings. The molecule has 0 saturated heterocycles. The molecule has 0 atom stereocenters. The van der Waals surface area contributed by atoms with E-state index in [0.29, 0.717) is 17.5 Å². The van der Waals surface area contributed by atoms with Crippen molar-refractivity contribution in [2.45, 2.75) is 19.8 Å². The molecule has 0 bridgehead atoms. The summed E-state index contributed by atoms with van der Waals surface area (Å²) in [5.74, 6) is 6.78. The van der Waals surface area contributed by atoms with Crippen molar-refractivity contribution in [3.05, 3.63) is 11.9 Å². The third-order valence-corrected chi connectivity index (χ3v) is 2.86. The fourth-order valence-electron chi connectivity index (χ4n) is 1.32. The van der Waals surface area contributed by atoms with Crippen LogP contribution in [-0.2, 0) is 16.4 Å². The molecule has 1 aromatic heterocycles. The van der Waals surface area contributed by atoms with Crippen LogP contribution in [0, 0.1) is 0 Å². The lowest BCUT2D eigenvalue weighted by Gasteiger charge is -2.08. The van der Waals surface area contributed by atoms with E-state index in [4.69, 9.17) is 11.0 Å². The first-order valence-electron chi connectivity index (χ1n) is 5.53. The number of primary sulfonamides is 1. The number of hydrogen-bond donors (Lipinski definition) is 4. The number of aryl methyl sites for hydroxylation is 1. The number of nitrogen functional groups attached to an aromatic ring is 1. The lowest BCUT2D eigenvalue weighted by atomic mass is 10.3. The molecule has 102 valence electrons. The SMILES string of the molecule is CCCc1nc(NN)cc(NCCS(N)(=O)=O)n1. The van der Waals surface area contributed by atoms with E-state index in [1.165, 1.54) is 0 Å². The van der Waals surface area contributed by atoms with E-state index in [9.17, 15) is 8.42 Å². The number of aromatic nitrogens is 2. The van der Waals surface area contributed by atoms with Gasteiger partial charge in [-0.2, -0.15) is 0 Å². The molecule has 6 N–H and O–H groups in total. The lowest BCUT2D eigenvalue weighted by Crippen LogP contribution is -2.23. The van der Waals surface area contributed by atoms with Gasteiger partial charge in [0.15, 0.2) is 0 Å². The van der Waals surface area contributed by atoms with Crippen LogP contribution in [0.25, 0.3) is 0 Å². The van der Waals surface area contributed by atoms with Crippen LogP contribution < -0.4 is 21.7 Å². The predicted molar refractivity (Wildman–Crippen MR) is 70.3 cm³/mol. The van der Waals surface area contributed by atoms with Crippen molar-refractivity contribution in [3.63, 3.8) is 0 Å². The second-order valence-electron chi connectivity index (χ2n) is 3.74. The molecule has 0 aromatic carbocycles. The van der Waals surface area contributed by atoms with Crippen LogP contribution in [-0.4, -0.2) is 30.7 Å². The maximum Gasteiger partial charge on any atom is 0.210 e. The highest BCUT2D eigenvalue weighted by molar-refractivity contribution is 7.89. The Morgan fingerprint density at radius 2 is 2.00 bits per heavy atom. The lowest BCUT2D eigenvalue weighted by molar-refractivity contribution is 0.598. The van der Waals surface area contributed by atoms with E-state index < -0.39 is 10.0 Å². The Morgan fingerprint density at radius 1 is 1.33 bits per heavy atom. The molecule has 1 aromatic rings. The largest absolute Gasteiger partial charge is 0.369 e. The predicted octanol–water partition coefficient (Wildman–Crippen LogP) is -0.585. The normalized spacial score (nSPS) is 11.3. The Balaban J connectivity index is 2.72. The first-order valence-corrected chi connectivity index (χ1v) is 7.25. The van der Waals surface area contributed by atoms with Crippen LogP contribution in [0.4, 0.5) is 11.6 Å². The summed E-state index contributed by atoms with van der Waals surface area (Å²) < 4.78 is 21.6. The summed E-state index contributed by atoms with van der Waals surface area (Å²) in [5, 5.41) is 7.77. The second-order valence-corrected chi connectivity index (χ2v) is 5.48. The quantitative estimate of drug-likeness (QED) is 0.385. The molecule has 1 heterocycles. The number of nitrogens with one attached hydrogen (secondary N) is 2. The maximum atomic E-state index is 10.8. The number of anilines is 2. The van der Waals surface area contributed by atoms with Crippen LogP contribution >= 0.6 is 0 Å². The van der Waals surface area contributed by atoms with Gasteiger partial charge < -0.3 is 10.7 Å². The van der Waals surface area contributed by atoms with Gasteiger partial charge >= 0.3 is 0 Å². The van der Waals surface area contributed by atoms with Crippen LogP contribution in [0.1, 0.15) is 19.2 Å². The minimum absolute atomic E-state index is 0.161. The van der Waals surface area contributed by atoms with Gasteiger partial charge in [0.1, 0.15) is 17.5 Å². The van der Waals surface area contributed by atoms with E-state index in [1.54, 1.807) is 6.07 Å². The zero-order chi connectivity index (χ0) is 13.6. The van der Waals surface area contributed by atoms with Crippen molar-refractivity contribution in [1.29, 1.82) is 0 Å². The molecule has 0 spiro atoms. The van der Waals surface area contributed by atoms with Crippen molar-refractivity contribution < 1.29 is 8.42 Å². The molecule has 0 aliphatic carbocycles. The van der Waals surface area contributed by atoms with Gasteiger partial charge in [0.05, 0.1) is 5.75 Å². The first kappa shape index (κ1) is 14.6. The van der Waals surface area contributed by atoms with Crippen molar-refractivity contribution in [2.24, 2.45) is 11.0 Å². The fourth-order valence-corrected chi connectivity index (χ4v) is 1.70. The van der Waals surface area contributed by atoms with Gasteiger partial charge in [-0.25, -0.2) is 29.4 Å². The molecule has 0 aliphatic rings. The van der Waals surface area contributed by atoms with Crippen LogP contribution in [0.5, 0.6) is 0 Å². The Bertz CT molecular complexity index is 490. The average Bonchev–Trinajstić information content (AvgIpc) is 2.27. The molecular formula is C9H18N6O2S. The Kier molecular flexibility index (Phi) is 5.25. The Morgan fingerprint density at radius 3 is 2.56 bits per heavy atom. The molecule has 8 nitrogen and oxygen atoms in total. The highest BCUT2D eigenvalue weighted by atomic mass is 32.2. The molecule has 0 unspecified atom stereocenters. The van der Waals surface area contributed by atoms with Crippen molar-refractivity contribution in [2.75, 3.05) is 23.0 Å². The molecule has 0 radical (unpaired) electrons. The second kappa shape index (κ2) is 6.47. The number of sulfonamides is 1. The van der Waals surface area contributed by atoms with E-state index in [0.717, 1.165) is 12.8 Å². The van der Waals surface area contributed by atoms with Gasteiger partial charge in [0.25, 0.3) is 0 Å². The molecular weight excluding hydrogens is 256 g/mol. The van der Waals surface area contributed by atoms with Crippen molar-refractivity contribution in [1.82, 2.24) is 9.97 Å². The van der Waals surface area contributed by atoms with Crippen molar-refractivity contribution >= 4 is 21.7 Å². The molecule has 0 amide bonds.